The summed E-state index contributed by atoms with van der Waals surface area (Å²) < 4.78 is 0. The molecular formula is C20H27N3O. The molecule has 0 aliphatic carbocycles. The van der Waals surface area contributed by atoms with Crippen molar-refractivity contribution in [2.75, 3.05) is 31.5 Å². The van der Waals surface area contributed by atoms with Crippen LogP contribution in [0, 0.1) is 0 Å². The Morgan fingerprint density at radius 2 is 1.62 bits per heavy atom. The van der Waals surface area contributed by atoms with Gasteiger partial charge in [0.2, 0.25) is 0 Å². The number of nitrogens with zero attached hydrogens (tertiary/aromatic N) is 1. The second-order valence-electron chi connectivity index (χ2n) is 5.77. The average molecular weight is 325 g/mol. The van der Waals surface area contributed by atoms with Gasteiger partial charge in [0.05, 0.1) is 0 Å². The van der Waals surface area contributed by atoms with E-state index < -0.39 is 0 Å². The number of urea groups is 1. The molecule has 4 heteroatoms. The third-order valence-electron chi connectivity index (χ3n) is 3.98. The predicted octanol–water partition coefficient (Wildman–Crippen LogP) is 3.76. The SMILES string of the molecule is CCN(CCCNC(=O)Nc1ccccc1)CCc1ccccc1. The topological polar surface area (TPSA) is 44.4 Å². The van der Waals surface area contributed by atoms with E-state index in [0.29, 0.717) is 6.54 Å². The summed E-state index contributed by atoms with van der Waals surface area (Å²) in [6.45, 7) is 5.94. The number of hydrogen-bond donors (Lipinski definition) is 2. The van der Waals surface area contributed by atoms with Gasteiger partial charge < -0.3 is 15.5 Å². The van der Waals surface area contributed by atoms with E-state index in [-0.39, 0.29) is 6.03 Å². The van der Waals surface area contributed by atoms with Crippen molar-refractivity contribution in [1.29, 1.82) is 0 Å². The molecule has 0 saturated heterocycles. The maximum atomic E-state index is 11.8. The third-order valence-corrected chi connectivity index (χ3v) is 3.98. The molecule has 128 valence electrons. The lowest BCUT2D eigenvalue weighted by atomic mass is 10.1. The quantitative estimate of drug-likeness (QED) is 0.690. The van der Waals surface area contributed by atoms with Gasteiger partial charge in [0.25, 0.3) is 0 Å². The van der Waals surface area contributed by atoms with Gasteiger partial charge in [-0.25, -0.2) is 4.79 Å². The number of nitrogens with one attached hydrogen (secondary N) is 2. The van der Waals surface area contributed by atoms with Crippen LogP contribution in [0.25, 0.3) is 0 Å². The van der Waals surface area contributed by atoms with Gasteiger partial charge in [-0.15, -0.1) is 0 Å². The summed E-state index contributed by atoms with van der Waals surface area (Å²) in [7, 11) is 0. The van der Waals surface area contributed by atoms with Crippen molar-refractivity contribution in [2.45, 2.75) is 19.8 Å². The molecule has 2 amide bonds. The van der Waals surface area contributed by atoms with Crippen LogP contribution >= 0.6 is 0 Å². The Balaban J connectivity index is 1.60. The van der Waals surface area contributed by atoms with Crippen molar-refractivity contribution in [3.8, 4) is 0 Å². The molecule has 24 heavy (non-hydrogen) atoms. The molecule has 0 aromatic heterocycles. The van der Waals surface area contributed by atoms with Crippen LogP contribution in [-0.2, 0) is 6.42 Å². The smallest absolute Gasteiger partial charge is 0.319 e. The minimum Gasteiger partial charge on any atom is -0.338 e. The molecule has 0 radical (unpaired) electrons. The highest BCUT2D eigenvalue weighted by molar-refractivity contribution is 5.89. The standard InChI is InChI=1S/C20H27N3O/c1-2-23(17-14-18-10-5-3-6-11-18)16-9-15-21-20(24)22-19-12-7-4-8-13-19/h3-8,10-13H,2,9,14-17H2,1H3,(H2,21,22,24). The number of para-hydroxylation sites is 1. The van der Waals surface area contributed by atoms with Gasteiger partial charge in [0, 0.05) is 18.8 Å². The summed E-state index contributed by atoms with van der Waals surface area (Å²) in [5.74, 6) is 0. The number of benzene rings is 2. The highest BCUT2D eigenvalue weighted by Crippen LogP contribution is 2.04. The normalized spacial score (nSPS) is 10.6. The minimum atomic E-state index is -0.145. The molecule has 0 aliphatic heterocycles. The lowest BCUT2D eigenvalue weighted by molar-refractivity contribution is 0.249. The van der Waals surface area contributed by atoms with Crippen molar-refractivity contribution in [3.63, 3.8) is 0 Å². The number of anilines is 1. The van der Waals surface area contributed by atoms with Gasteiger partial charge in [-0.05, 0) is 43.6 Å². The second kappa shape index (κ2) is 10.4. The Bertz CT molecular complexity index is 586. The highest BCUT2D eigenvalue weighted by atomic mass is 16.2. The molecule has 0 saturated carbocycles. The number of likely N-dealkylation sites (N-methyl/N-ethyl adjacent to an activating group) is 1. The lowest BCUT2D eigenvalue weighted by Crippen LogP contribution is -2.33. The first-order valence-corrected chi connectivity index (χ1v) is 8.64. The predicted molar refractivity (Wildman–Crippen MR) is 100 cm³/mol. The fourth-order valence-corrected chi connectivity index (χ4v) is 2.56. The van der Waals surface area contributed by atoms with Gasteiger partial charge in [0.15, 0.2) is 0 Å². The number of amides is 2. The summed E-state index contributed by atoms with van der Waals surface area (Å²) in [5, 5.41) is 5.73. The molecule has 2 aromatic carbocycles. The van der Waals surface area contributed by atoms with Crippen LogP contribution in [0.1, 0.15) is 18.9 Å². The monoisotopic (exact) mass is 325 g/mol. The number of hydrogen-bond acceptors (Lipinski definition) is 2. The van der Waals surface area contributed by atoms with Crippen molar-refractivity contribution >= 4 is 11.7 Å². The van der Waals surface area contributed by atoms with E-state index in [4.69, 9.17) is 0 Å². The molecule has 2 rings (SSSR count). The first kappa shape index (κ1) is 18.0. The maximum Gasteiger partial charge on any atom is 0.319 e. The molecule has 0 unspecified atom stereocenters. The first-order valence-electron chi connectivity index (χ1n) is 8.64. The van der Waals surface area contributed by atoms with Crippen LogP contribution in [0.5, 0.6) is 0 Å². The van der Waals surface area contributed by atoms with E-state index in [2.05, 4.69) is 46.7 Å². The Morgan fingerprint density at radius 3 is 2.29 bits per heavy atom. The van der Waals surface area contributed by atoms with Gasteiger partial charge in [0.1, 0.15) is 0 Å². The van der Waals surface area contributed by atoms with E-state index in [0.717, 1.165) is 38.2 Å². The molecule has 0 atom stereocenters. The number of rotatable bonds is 9. The molecule has 0 spiro atoms. The Kier molecular flexibility index (Phi) is 7.84. The second-order valence-corrected chi connectivity index (χ2v) is 5.77. The van der Waals surface area contributed by atoms with Gasteiger partial charge in [-0.1, -0.05) is 55.5 Å². The number of carbonyl (C=O) groups excluding carboxylic acids is 1. The molecule has 0 bridgehead atoms. The first-order chi connectivity index (χ1) is 11.8. The zero-order valence-corrected chi connectivity index (χ0v) is 14.4. The van der Waals surface area contributed by atoms with Crippen molar-refractivity contribution in [3.05, 3.63) is 66.2 Å². The zero-order valence-electron chi connectivity index (χ0n) is 14.4. The van der Waals surface area contributed by atoms with Crippen LogP contribution in [0.15, 0.2) is 60.7 Å². The van der Waals surface area contributed by atoms with E-state index in [1.807, 2.05) is 36.4 Å². The largest absolute Gasteiger partial charge is 0.338 e. The average Bonchev–Trinajstić information content (AvgIpc) is 2.63. The zero-order chi connectivity index (χ0) is 17.0. The minimum absolute atomic E-state index is 0.145. The van der Waals surface area contributed by atoms with Crippen LogP contribution in [0.4, 0.5) is 10.5 Å². The molecule has 2 aromatic rings. The fraction of sp³-hybridized carbons (Fsp3) is 0.350. The van der Waals surface area contributed by atoms with Crippen molar-refractivity contribution in [2.24, 2.45) is 0 Å². The Labute approximate surface area is 144 Å². The molecule has 4 nitrogen and oxygen atoms in total. The van der Waals surface area contributed by atoms with Gasteiger partial charge in [-0.2, -0.15) is 0 Å². The van der Waals surface area contributed by atoms with Crippen LogP contribution in [0.2, 0.25) is 0 Å². The fourth-order valence-electron chi connectivity index (χ4n) is 2.56. The lowest BCUT2D eigenvalue weighted by Gasteiger charge is -2.20. The van der Waals surface area contributed by atoms with E-state index in [1.54, 1.807) is 0 Å². The number of carbonyl (C=O) groups is 1. The molecule has 0 fully saturated rings. The van der Waals surface area contributed by atoms with Crippen molar-refractivity contribution in [1.82, 2.24) is 10.2 Å². The van der Waals surface area contributed by atoms with E-state index in [9.17, 15) is 4.79 Å². The van der Waals surface area contributed by atoms with Crippen LogP contribution in [-0.4, -0.2) is 37.1 Å². The Morgan fingerprint density at radius 1 is 0.958 bits per heavy atom. The van der Waals surface area contributed by atoms with Crippen molar-refractivity contribution < 1.29 is 4.79 Å². The van der Waals surface area contributed by atoms with E-state index >= 15 is 0 Å². The summed E-state index contributed by atoms with van der Waals surface area (Å²) in [5.41, 5.74) is 2.18. The van der Waals surface area contributed by atoms with Gasteiger partial charge in [-0.3, -0.25) is 0 Å². The summed E-state index contributed by atoms with van der Waals surface area (Å²) >= 11 is 0. The molecule has 0 heterocycles. The summed E-state index contributed by atoms with van der Waals surface area (Å²) in [4.78, 5) is 14.2. The third kappa shape index (κ3) is 6.84. The molecular weight excluding hydrogens is 298 g/mol. The maximum absolute atomic E-state index is 11.8. The Hall–Kier alpha value is -2.33. The van der Waals surface area contributed by atoms with Crippen LogP contribution < -0.4 is 10.6 Å². The molecule has 2 N–H and O–H groups in total. The van der Waals surface area contributed by atoms with Crippen LogP contribution in [0.3, 0.4) is 0 Å². The van der Waals surface area contributed by atoms with Gasteiger partial charge >= 0.3 is 6.03 Å². The summed E-state index contributed by atoms with van der Waals surface area (Å²) in [6.07, 6.45) is 2.02. The summed E-state index contributed by atoms with van der Waals surface area (Å²) in [6, 6.07) is 19.9. The van der Waals surface area contributed by atoms with E-state index in [1.165, 1.54) is 5.56 Å². The molecule has 0 aliphatic rings. The highest BCUT2D eigenvalue weighted by Gasteiger charge is 2.04.